The van der Waals surface area contributed by atoms with Gasteiger partial charge in [0.25, 0.3) is 5.89 Å². The molecule has 0 aliphatic heterocycles. The monoisotopic (exact) mass is 256 g/mol. The van der Waals surface area contributed by atoms with Crippen molar-refractivity contribution >= 4 is 5.82 Å². The molecule has 0 saturated carbocycles. The number of rotatable bonds is 2. The summed E-state index contributed by atoms with van der Waals surface area (Å²) in [5.74, 6) is 0.798. The summed E-state index contributed by atoms with van der Waals surface area (Å²) in [6.07, 6.45) is 1.56. The van der Waals surface area contributed by atoms with Gasteiger partial charge in [-0.2, -0.15) is 4.98 Å². The highest BCUT2D eigenvalue weighted by Crippen LogP contribution is 2.22. The fourth-order valence-corrected chi connectivity index (χ4v) is 1.64. The number of halogens is 1. The zero-order chi connectivity index (χ0) is 13.2. The van der Waals surface area contributed by atoms with E-state index < -0.39 is 0 Å². The number of anilines is 1. The summed E-state index contributed by atoms with van der Waals surface area (Å²) >= 11 is 0. The molecule has 2 N–H and O–H groups in total. The molecule has 0 atom stereocenters. The van der Waals surface area contributed by atoms with Crippen LogP contribution in [0.15, 0.2) is 47.1 Å². The quantitative estimate of drug-likeness (QED) is 0.762. The molecule has 1 aromatic carbocycles. The number of nitrogen functional groups attached to an aromatic ring is 1. The Kier molecular flexibility index (Phi) is 2.68. The van der Waals surface area contributed by atoms with Gasteiger partial charge < -0.3 is 10.3 Å². The molecule has 3 aromatic rings. The fraction of sp³-hybridized carbons (Fsp3) is 0. The molecule has 0 aliphatic carbocycles. The number of nitrogens with two attached hydrogens (primary N) is 1. The summed E-state index contributed by atoms with van der Waals surface area (Å²) in [4.78, 5) is 8.12. The number of nitrogens with zero attached hydrogens (tertiary/aromatic N) is 3. The lowest BCUT2D eigenvalue weighted by atomic mass is 10.2. The molecule has 0 bridgehead atoms. The topological polar surface area (TPSA) is 77.8 Å². The lowest BCUT2D eigenvalue weighted by Crippen LogP contribution is -1.89. The molecule has 0 unspecified atom stereocenters. The Morgan fingerprint density at radius 1 is 1.05 bits per heavy atom. The average molecular weight is 256 g/mol. The minimum absolute atomic E-state index is 0.311. The smallest absolute Gasteiger partial charge is 0.258 e. The minimum atomic E-state index is -0.311. The van der Waals surface area contributed by atoms with Gasteiger partial charge in [-0.15, -0.1) is 0 Å². The number of hydrogen-bond donors (Lipinski definition) is 1. The summed E-state index contributed by atoms with van der Waals surface area (Å²) in [5, 5.41) is 3.85. The third-order valence-electron chi connectivity index (χ3n) is 2.56. The predicted molar refractivity (Wildman–Crippen MR) is 67.3 cm³/mol. The Bertz CT molecular complexity index is 709. The van der Waals surface area contributed by atoms with Gasteiger partial charge >= 0.3 is 0 Å². The summed E-state index contributed by atoms with van der Waals surface area (Å²) in [6.45, 7) is 0. The van der Waals surface area contributed by atoms with Gasteiger partial charge in [0.2, 0.25) is 5.82 Å². The van der Waals surface area contributed by atoms with Gasteiger partial charge in [0, 0.05) is 17.3 Å². The van der Waals surface area contributed by atoms with Crippen LogP contribution in [-0.4, -0.2) is 15.1 Å². The second-order valence-corrected chi connectivity index (χ2v) is 3.90. The van der Waals surface area contributed by atoms with Crippen molar-refractivity contribution in [2.24, 2.45) is 0 Å². The van der Waals surface area contributed by atoms with E-state index in [0.717, 1.165) is 0 Å². The number of pyridine rings is 1. The van der Waals surface area contributed by atoms with Crippen molar-refractivity contribution in [3.05, 3.63) is 48.4 Å². The largest absolute Gasteiger partial charge is 0.384 e. The molecule has 0 amide bonds. The summed E-state index contributed by atoms with van der Waals surface area (Å²) in [7, 11) is 0. The highest BCUT2D eigenvalue weighted by Gasteiger charge is 2.10. The van der Waals surface area contributed by atoms with Crippen LogP contribution in [0.4, 0.5) is 10.2 Å². The lowest BCUT2D eigenvalue weighted by Gasteiger charge is -1.94. The molecule has 3 rings (SSSR count). The van der Waals surface area contributed by atoms with Crippen LogP contribution in [0.3, 0.4) is 0 Å². The van der Waals surface area contributed by atoms with Crippen LogP contribution in [0.25, 0.3) is 22.8 Å². The minimum Gasteiger partial charge on any atom is -0.384 e. The Morgan fingerprint density at radius 2 is 1.84 bits per heavy atom. The third-order valence-corrected chi connectivity index (χ3v) is 2.56. The van der Waals surface area contributed by atoms with Gasteiger partial charge in [-0.25, -0.2) is 9.37 Å². The molecule has 2 heterocycles. The Morgan fingerprint density at radius 3 is 2.58 bits per heavy atom. The van der Waals surface area contributed by atoms with Gasteiger partial charge in [-0.1, -0.05) is 5.16 Å². The van der Waals surface area contributed by atoms with Gasteiger partial charge in [0.15, 0.2) is 0 Å². The van der Waals surface area contributed by atoms with Crippen molar-refractivity contribution < 1.29 is 8.91 Å². The van der Waals surface area contributed by atoms with Crippen molar-refractivity contribution in [3.63, 3.8) is 0 Å². The van der Waals surface area contributed by atoms with Crippen LogP contribution in [-0.2, 0) is 0 Å². The van der Waals surface area contributed by atoms with Crippen molar-refractivity contribution in [2.45, 2.75) is 0 Å². The SMILES string of the molecule is Nc1cc(-c2nc(-c3ccc(F)cc3)no2)ccn1. The molecule has 0 fully saturated rings. The zero-order valence-electron chi connectivity index (χ0n) is 9.75. The van der Waals surface area contributed by atoms with Crippen LogP contribution in [0.2, 0.25) is 0 Å². The van der Waals surface area contributed by atoms with Crippen molar-refractivity contribution in [1.29, 1.82) is 0 Å². The first-order chi connectivity index (χ1) is 9.22. The average Bonchev–Trinajstić information content (AvgIpc) is 2.89. The molecule has 6 heteroatoms. The van der Waals surface area contributed by atoms with E-state index in [0.29, 0.717) is 28.7 Å². The van der Waals surface area contributed by atoms with Crippen LogP contribution in [0.5, 0.6) is 0 Å². The summed E-state index contributed by atoms with van der Waals surface area (Å²) in [5.41, 5.74) is 6.96. The second kappa shape index (κ2) is 4.49. The zero-order valence-corrected chi connectivity index (χ0v) is 9.75. The highest BCUT2D eigenvalue weighted by atomic mass is 19.1. The highest BCUT2D eigenvalue weighted by molar-refractivity contribution is 5.61. The Balaban J connectivity index is 1.97. The van der Waals surface area contributed by atoms with Gasteiger partial charge in [0.05, 0.1) is 0 Å². The molecule has 0 radical (unpaired) electrons. The van der Waals surface area contributed by atoms with Crippen LogP contribution >= 0.6 is 0 Å². The van der Waals surface area contributed by atoms with E-state index in [-0.39, 0.29) is 5.82 Å². The van der Waals surface area contributed by atoms with E-state index >= 15 is 0 Å². The molecule has 94 valence electrons. The van der Waals surface area contributed by atoms with Gasteiger partial charge in [-0.3, -0.25) is 0 Å². The molecular weight excluding hydrogens is 247 g/mol. The van der Waals surface area contributed by atoms with Crippen molar-refractivity contribution in [3.8, 4) is 22.8 Å². The first-order valence-electron chi connectivity index (χ1n) is 5.54. The normalized spacial score (nSPS) is 10.6. The molecular formula is C13H9FN4O. The van der Waals surface area contributed by atoms with Gasteiger partial charge in [0.1, 0.15) is 11.6 Å². The Hall–Kier alpha value is -2.76. The summed E-state index contributed by atoms with van der Waals surface area (Å²) < 4.78 is 18.0. The maximum Gasteiger partial charge on any atom is 0.258 e. The van der Waals surface area contributed by atoms with Gasteiger partial charge in [-0.05, 0) is 36.4 Å². The van der Waals surface area contributed by atoms with E-state index in [2.05, 4.69) is 15.1 Å². The van der Waals surface area contributed by atoms with E-state index in [1.54, 1.807) is 30.5 Å². The van der Waals surface area contributed by atoms with E-state index in [1.807, 2.05) is 0 Å². The standard InChI is InChI=1S/C13H9FN4O/c14-10-3-1-8(2-4-10)12-17-13(19-18-12)9-5-6-16-11(15)7-9/h1-7H,(H2,15,16). The number of aromatic nitrogens is 3. The molecule has 2 aromatic heterocycles. The van der Waals surface area contributed by atoms with Crippen LogP contribution in [0, 0.1) is 5.82 Å². The van der Waals surface area contributed by atoms with Crippen LogP contribution < -0.4 is 5.73 Å². The van der Waals surface area contributed by atoms with E-state index in [9.17, 15) is 4.39 Å². The number of hydrogen-bond acceptors (Lipinski definition) is 5. The lowest BCUT2D eigenvalue weighted by molar-refractivity contribution is 0.432. The van der Waals surface area contributed by atoms with E-state index in [1.165, 1.54) is 12.1 Å². The Labute approximate surface area is 107 Å². The molecule has 0 spiro atoms. The number of benzene rings is 1. The predicted octanol–water partition coefficient (Wildman–Crippen LogP) is 2.52. The summed E-state index contributed by atoms with van der Waals surface area (Å²) in [6, 6.07) is 9.22. The molecule has 0 aliphatic rings. The second-order valence-electron chi connectivity index (χ2n) is 3.90. The maximum absolute atomic E-state index is 12.8. The first kappa shape index (κ1) is 11.3. The van der Waals surface area contributed by atoms with E-state index in [4.69, 9.17) is 10.3 Å². The first-order valence-corrected chi connectivity index (χ1v) is 5.54. The third kappa shape index (κ3) is 2.28. The molecule has 19 heavy (non-hydrogen) atoms. The maximum atomic E-state index is 12.8. The molecule has 5 nitrogen and oxygen atoms in total. The fourth-order valence-electron chi connectivity index (χ4n) is 1.64. The molecule has 0 saturated heterocycles. The van der Waals surface area contributed by atoms with Crippen molar-refractivity contribution in [1.82, 2.24) is 15.1 Å². The van der Waals surface area contributed by atoms with Crippen molar-refractivity contribution in [2.75, 3.05) is 5.73 Å². The van der Waals surface area contributed by atoms with Crippen LogP contribution in [0.1, 0.15) is 0 Å².